The first kappa shape index (κ1) is 21.2. The number of ether oxygens (including phenoxy) is 2. The van der Waals surface area contributed by atoms with Crippen molar-refractivity contribution in [1.29, 1.82) is 0 Å². The number of furan rings is 1. The van der Waals surface area contributed by atoms with E-state index in [1.54, 1.807) is 46.3 Å². The molecule has 2 aromatic rings. The quantitative estimate of drug-likeness (QED) is 0.737. The van der Waals surface area contributed by atoms with Crippen molar-refractivity contribution in [2.24, 2.45) is 0 Å². The number of hydrogen-bond acceptors (Lipinski definition) is 6. The van der Waals surface area contributed by atoms with Crippen LogP contribution in [0.5, 0.6) is 11.5 Å². The van der Waals surface area contributed by atoms with Gasteiger partial charge in [0.15, 0.2) is 5.76 Å². The number of carbonyl (C=O) groups excluding carboxylic acids is 1. The first-order chi connectivity index (χ1) is 13.8. The summed E-state index contributed by atoms with van der Waals surface area (Å²) in [6.07, 6.45) is 1.67. The van der Waals surface area contributed by atoms with Gasteiger partial charge in [-0.15, -0.1) is 0 Å². The van der Waals surface area contributed by atoms with Crippen molar-refractivity contribution in [1.82, 2.24) is 9.62 Å². The van der Waals surface area contributed by atoms with E-state index in [1.807, 2.05) is 0 Å². The average molecular weight is 423 g/mol. The van der Waals surface area contributed by atoms with Crippen LogP contribution in [-0.2, 0) is 10.0 Å². The van der Waals surface area contributed by atoms with E-state index in [-0.39, 0.29) is 16.4 Å². The molecular formula is C20H26N2O6S. The number of methoxy groups -OCH3 is 2. The molecule has 0 aliphatic carbocycles. The van der Waals surface area contributed by atoms with Crippen molar-refractivity contribution in [3.63, 3.8) is 0 Å². The van der Waals surface area contributed by atoms with Crippen molar-refractivity contribution in [3.05, 3.63) is 41.3 Å². The number of amides is 1. The summed E-state index contributed by atoms with van der Waals surface area (Å²) in [5.74, 6) is 0.886. The highest BCUT2D eigenvalue weighted by Gasteiger charge is 2.32. The second-order valence-electron chi connectivity index (χ2n) is 6.95. The van der Waals surface area contributed by atoms with Gasteiger partial charge in [-0.3, -0.25) is 4.79 Å². The molecular weight excluding hydrogens is 396 g/mol. The Labute approximate surface area is 170 Å². The zero-order valence-corrected chi connectivity index (χ0v) is 17.8. The van der Waals surface area contributed by atoms with Crippen molar-refractivity contribution in [3.8, 4) is 11.5 Å². The van der Waals surface area contributed by atoms with Gasteiger partial charge in [0.05, 0.1) is 20.3 Å². The Hall–Kier alpha value is -2.52. The van der Waals surface area contributed by atoms with Crippen LogP contribution in [0.3, 0.4) is 0 Å². The Morgan fingerprint density at radius 2 is 1.86 bits per heavy atom. The Morgan fingerprint density at radius 3 is 2.48 bits per heavy atom. The summed E-state index contributed by atoms with van der Waals surface area (Å²) in [5.41, 5.74) is 0.730. The largest absolute Gasteiger partial charge is 0.497 e. The monoisotopic (exact) mass is 422 g/mol. The third-order valence-corrected chi connectivity index (χ3v) is 7.04. The molecule has 9 heteroatoms. The Balaban J connectivity index is 1.81. The summed E-state index contributed by atoms with van der Waals surface area (Å²) in [6, 6.07) is 6.18. The molecule has 1 amide bonds. The van der Waals surface area contributed by atoms with Crippen LogP contribution < -0.4 is 14.8 Å². The van der Waals surface area contributed by atoms with Gasteiger partial charge in [-0.2, -0.15) is 4.31 Å². The zero-order chi connectivity index (χ0) is 21.2. The number of sulfonamides is 1. The van der Waals surface area contributed by atoms with Crippen LogP contribution in [0.4, 0.5) is 0 Å². The second-order valence-corrected chi connectivity index (χ2v) is 8.85. The maximum Gasteiger partial charge on any atom is 0.287 e. The topological polar surface area (TPSA) is 98.1 Å². The van der Waals surface area contributed by atoms with Crippen molar-refractivity contribution in [2.45, 2.75) is 37.6 Å². The summed E-state index contributed by atoms with van der Waals surface area (Å²) >= 11 is 0. The first-order valence-corrected chi connectivity index (χ1v) is 10.8. The molecule has 1 aromatic heterocycles. The summed E-state index contributed by atoms with van der Waals surface area (Å²) in [5, 5.41) is 2.82. The van der Waals surface area contributed by atoms with Crippen LogP contribution >= 0.6 is 0 Å². The molecule has 0 unspecified atom stereocenters. The molecule has 1 aromatic carbocycles. The molecule has 1 aliphatic rings. The molecule has 158 valence electrons. The number of hydrogen-bond donors (Lipinski definition) is 1. The van der Waals surface area contributed by atoms with E-state index in [1.165, 1.54) is 10.4 Å². The molecule has 0 bridgehead atoms. The highest BCUT2D eigenvalue weighted by Crippen LogP contribution is 2.30. The van der Waals surface area contributed by atoms with Crippen molar-refractivity contribution < 1.29 is 27.1 Å². The van der Waals surface area contributed by atoms with Gasteiger partial charge in [0.1, 0.15) is 22.2 Å². The Kier molecular flexibility index (Phi) is 6.18. The molecule has 29 heavy (non-hydrogen) atoms. The molecule has 0 saturated carbocycles. The molecule has 0 radical (unpaired) electrons. The van der Waals surface area contributed by atoms with E-state index in [9.17, 15) is 13.2 Å². The molecule has 2 heterocycles. The number of nitrogens with one attached hydrogen (secondary N) is 1. The highest BCUT2D eigenvalue weighted by molar-refractivity contribution is 7.89. The van der Waals surface area contributed by atoms with Crippen LogP contribution in [0.15, 0.2) is 33.6 Å². The van der Waals surface area contributed by atoms with E-state index in [4.69, 9.17) is 13.9 Å². The molecule has 0 spiro atoms. The maximum absolute atomic E-state index is 12.8. The molecule has 3 rings (SSSR count). The molecule has 1 fully saturated rings. The van der Waals surface area contributed by atoms with Gasteiger partial charge in [-0.05, 0) is 44.9 Å². The zero-order valence-electron chi connectivity index (χ0n) is 17.0. The molecule has 1 N–H and O–H groups in total. The lowest BCUT2D eigenvalue weighted by Crippen LogP contribution is -2.28. The third kappa shape index (κ3) is 4.25. The Bertz CT molecular complexity index is 992. The molecule has 1 aliphatic heterocycles. The second kappa shape index (κ2) is 8.46. The van der Waals surface area contributed by atoms with E-state index in [0.717, 1.165) is 18.4 Å². The van der Waals surface area contributed by atoms with Gasteiger partial charge in [0.2, 0.25) is 10.0 Å². The van der Waals surface area contributed by atoms with Gasteiger partial charge in [0.25, 0.3) is 5.91 Å². The molecule has 8 nitrogen and oxygen atoms in total. The lowest BCUT2D eigenvalue weighted by molar-refractivity contribution is 0.0910. The average Bonchev–Trinajstić information content (AvgIpc) is 3.37. The number of carbonyl (C=O) groups is 1. The van der Waals surface area contributed by atoms with Crippen LogP contribution in [0, 0.1) is 6.92 Å². The van der Waals surface area contributed by atoms with Gasteiger partial charge < -0.3 is 19.2 Å². The SMILES string of the molecule is COc1ccc(OC)c([C@H](C)NC(=O)c2cc(S(=O)(=O)N3CCCC3)c(C)o2)c1. The number of nitrogens with zero attached hydrogens (tertiary/aromatic N) is 1. The standard InChI is InChI=1S/C20H26N2O6S/c1-13(16-11-15(26-3)7-8-17(16)27-4)21-20(23)18-12-19(14(2)28-18)29(24,25)22-9-5-6-10-22/h7-8,11-13H,5-6,9-10H2,1-4H3,(H,21,23)/t13-/m0/s1. The van der Waals surface area contributed by atoms with E-state index in [2.05, 4.69) is 5.32 Å². The molecule has 1 atom stereocenters. The van der Waals surface area contributed by atoms with Crippen LogP contribution in [0.1, 0.15) is 47.7 Å². The summed E-state index contributed by atoms with van der Waals surface area (Å²) < 4.78 is 43.1. The van der Waals surface area contributed by atoms with Gasteiger partial charge in [-0.25, -0.2) is 8.42 Å². The normalized spacial score (nSPS) is 15.9. The smallest absolute Gasteiger partial charge is 0.287 e. The fraction of sp³-hybridized carbons (Fsp3) is 0.450. The predicted octanol–water partition coefficient (Wildman–Crippen LogP) is 2.88. The van der Waals surface area contributed by atoms with Gasteiger partial charge in [0, 0.05) is 24.7 Å². The number of benzene rings is 1. The highest BCUT2D eigenvalue weighted by atomic mass is 32.2. The van der Waals surface area contributed by atoms with E-state index in [0.29, 0.717) is 24.6 Å². The van der Waals surface area contributed by atoms with E-state index < -0.39 is 22.0 Å². The Morgan fingerprint density at radius 1 is 1.17 bits per heavy atom. The van der Waals surface area contributed by atoms with Crippen molar-refractivity contribution >= 4 is 15.9 Å². The minimum atomic E-state index is -3.66. The first-order valence-electron chi connectivity index (χ1n) is 9.41. The van der Waals surface area contributed by atoms with Crippen LogP contribution in [0.2, 0.25) is 0 Å². The molecule has 1 saturated heterocycles. The predicted molar refractivity (Wildman–Crippen MR) is 107 cm³/mol. The summed E-state index contributed by atoms with van der Waals surface area (Å²) in [7, 11) is -0.554. The van der Waals surface area contributed by atoms with Crippen LogP contribution in [-0.4, -0.2) is 45.9 Å². The maximum atomic E-state index is 12.8. The van der Waals surface area contributed by atoms with Crippen LogP contribution in [0.25, 0.3) is 0 Å². The minimum absolute atomic E-state index is 0.0381. The lowest BCUT2D eigenvalue weighted by Gasteiger charge is -2.17. The minimum Gasteiger partial charge on any atom is -0.497 e. The number of aryl methyl sites for hydroxylation is 1. The van der Waals surface area contributed by atoms with Crippen molar-refractivity contribution in [2.75, 3.05) is 27.3 Å². The third-order valence-electron chi connectivity index (χ3n) is 5.03. The fourth-order valence-electron chi connectivity index (χ4n) is 3.42. The summed E-state index contributed by atoms with van der Waals surface area (Å²) in [6.45, 7) is 4.32. The summed E-state index contributed by atoms with van der Waals surface area (Å²) in [4.78, 5) is 12.7. The fourth-order valence-corrected chi connectivity index (χ4v) is 5.10. The van der Waals surface area contributed by atoms with E-state index >= 15 is 0 Å². The number of rotatable bonds is 7. The van der Waals surface area contributed by atoms with Gasteiger partial charge in [-0.1, -0.05) is 0 Å². The lowest BCUT2D eigenvalue weighted by atomic mass is 10.1. The van der Waals surface area contributed by atoms with Gasteiger partial charge >= 0.3 is 0 Å².